The molecule has 2 rings (SSSR count). The van der Waals surface area contributed by atoms with Crippen LogP contribution in [0, 0.1) is 0 Å². The van der Waals surface area contributed by atoms with Crippen molar-refractivity contribution in [3.8, 4) is 0 Å². The Balaban J connectivity index is 1.62. The summed E-state index contributed by atoms with van der Waals surface area (Å²) in [7, 11) is 0. The van der Waals surface area contributed by atoms with E-state index in [-0.39, 0.29) is 0 Å². The lowest BCUT2D eigenvalue weighted by molar-refractivity contribution is -0.359. The third kappa shape index (κ3) is 11.4. The van der Waals surface area contributed by atoms with Crippen LogP contribution in [0.2, 0.25) is 0 Å². The van der Waals surface area contributed by atoms with Gasteiger partial charge >= 0.3 is 0 Å². The lowest BCUT2D eigenvalue weighted by Crippen LogP contribution is -2.64. The van der Waals surface area contributed by atoms with Gasteiger partial charge in [0.2, 0.25) is 0 Å². The van der Waals surface area contributed by atoms with Crippen LogP contribution in [0.1, 0.15) is 96.8 Å². The summed E-state index contributed by atoms with van der Waals surface area (Å²) in [5.41, 5.74) is 0. The molecule has 0 saturated carbocycles. The van der Waals surface area contributed by atoms with Gasteiger partial charge in [-0.1, -0.05) is 90.4 Å². The quantitative estimate of drug-likeness (QED) is 0.105. The molecule has 39 heavy (non-hydrogen) atoms. The molecule has 2 heterocycles. The maximum atomic E-state index is 10.6. The fourth-order valence-electron chi connectivity index (χ4n) is 5.19. The average Bonchev–Trinajstić information content (AvgIpc) is 2.94. The van der Waals surface area contributed by atoms with Gasteiger partial charge in [0, 0.05) is 6.61 Å². The molecule has 0 aromatic rings. The van der Waals surface area contributed by atoms with Crippen molar-refractivity contribution in [1.29, 1.82) is 0 Å². The number of hydrogen-bond donors (Lipinski definition) is 7. The van der Waals surface area contributed by atoms with E-state index < -0.39 is 74.6 Å². The van der Waals surface area contributed by atoms with Crippen molar-refractivity contribution in [2.24, 2.45) is 0 Å². The number of aliphatic hydroxyl groups is 7. The summed E-state index contributed by atoms with van der Waals surface area (Å²) in [6, 6.07) is 0. The molecule has 232 valence electrons. The van der Waals surface area contributed by atoms with Crippen LogP contribution in [0.15, 0.2) is 0 Å². The van der Waals surface area contributed by atoms with Gasteiger partial charge in [-0.3, -0.25) is 0 Å². The molecular weight excluding hydrogens is 512 g/mol. The van der Waals surface area contributed by atoms with Crippen molar-refractivity contribution in [3.05, 3.63) is 0 Å². The molecular formula is C28H54O11. The van der Waals surface area contributed by atoms with Crippen molar-refractivity contribution < 1.29 is 54.7 Å². The monoisotopic (exact) mass is 566 g/mol. The Morgan fingerprint density at radius 3 is 1.49 bits per heavy atom. The van der Waals surface area contributed by atoms with Crippen molar-refractivity contribution in [2.45, 2.75) is 158 Å². The molecule has 2 aliphatic rings. The zero-order valence-corrected chi connectivity index (χ0v) is 23.6. The van der Waals surface area contributed by atoms with Crippen molar-refractivity contribution in [3.63, 3.8) is 0 Å². The summed E-state index contributed by atoms with van der Waals surface area (Å²) in [4.78, 5) is 0. The SMILES string of the molecule is CCCCCCCCCCCCCCCCOC1O[C@H](CO)[C@@H](OC2O[C@H](CO)C(O)C(O)[C@H]2O)C(O)[C@H]1O. The van der Waals surface area contributed by atoms with Crippen molar-refractivity contribution >= 4 is 0 Å². The number of unbranched alkanes of at least 4 members (excludes halogenated alkanes) is 13. The van der Waals surface area contributed by atoms with E-state index in [1.807, 2.05) is 0 Å². The second kappa shape index (κ2) is 19.6. The summed E-state index contributed by atoms with van der Waals surface area (Å²) >= 11 is 0. The standard InChI is InChI=1S/C28H54O11/c1-2-3-4-5-6-7-8-9-10-11-12-13-14-15-16-36-27-25(35)23(33)26(20(18-30)38-27)39-28-24(34)22(32)21(31)19(17-29)37-28/h19-35H,2-18H2,1H3/t19-,20-,21?,22?,23?,24-,25-,26-,27?,28?/m1/s1. The normalized spacial score (nSPS) is 35.4. The summed E-state index contributed by atoms with van der Waals surface area (Å²) in [6.45, 7) is 1.34. The van der Waals surface area contributed by atoms with Crippen LogP contribution in [0.5, 0.6) is 0 Å². The van der Waals surface area contributed by atoms with Crippen molar-refractivity contribution in [1.82, 2.24) is 0 Å². The fourth-order valence-corrected chi connectivity index (χ4v) is 5.19. The summed E-state index contributed by atoms with van der Waals surface area (Å²) in [5.74, 6) is 0. The molecule has 2 aliphatic heterocycles. The molecule has 0 bridgehead atoms. The Kier molecular flexibility index (Phi) is 17.5. The molecule has 0 aromatic heterocycles. The lowest BCUT2D eigenvalue weighted by Gasteiger charge is -2.45. The first-order valence-electron chi connectivity index (χ1n) is 15.1. The minimum Gasteiger partial charge on any atom is -0.394 e. The third-order valence-electron chi connectivity index (χ3n) is 7.74. The Bertz CT molecular complexity index is 608. The Morgan fingerprint density at radius 2 is 0.974 bits per heavy atom. The number of aliphatic hydroxyl groups excluding tert-OH is 7. The van der Waals surface area contributed by atoms with Crippen LogP contribution in [0.4, 0.5) is 0 Å². The van der Waals surface area contributed by atoms with Crippen LogP contribution in [-0.2, 0) is 18.9 Å². The molecule has 7 N–H and O–H groups in total. The van der Waals surface area contributed by atoms with Gasteiger partial charge in [-0.2, -0.15) is 0 Å². The smallest absolute Gasteiger partial charge is 0.187 e. The van der Waals surface area contributed by atoms with Crippen LogP contribution < -0.4 is 0 Å². The molecule has 11 heteroatoms. The Labute approximate surface area is 233 Å². The first-order chi connectivity index (χ1) is 18.8. The molecule has 5 unspecified atom stereocenters. The predicted octanol–water partition coefficient (Wildman–Crippen LogP) is 1.11. The highest BCUT2D eigenvalue weighted by atomic mass is 16.7. The molecule has 11 nitrogen and oxygen atoms in total. The summed E-state index contributed by atoms with van der Waals surface area (Å²) < 4.78 is 22.1. The predicted molar refractivity (Wildman–Crippen MR) is 143 cm³/mol. The molecule has 0 spiro atoms. The zero-order valence-electron chi connectivity index (χ0n) is 23.6. The maximum absolute atomic E-state index is 10.6. The number of ether oxygens (including phenoxy) is 4. The number of rotatable bonds is 20. The summed E-state index contributed by atoms with van der Waals surface area (Å²) in [5, 5.41) is 70.4. The van der Waals surface area contributed by atoms with Gasteiger partial charge in [0.25, 0.3) is 0 Å². The Morgan fingerprint density at radius 1 is 0.513 bits per heavy atom. The molecule has 0 aliphatic carbocycles. The van der Waals surface area contributed by atoms with E-state index in [0.717, 1.165) is 19.3 Å². The fraction of sp³-hybridized carbons (Fsp3) is 1.00. The van der Waals surface area contributed by atoms with Crippen LogP contribution in [0.25, 0.3) is 0 Å². The average molecular weight is 567 g/mol. The molecule has 0 amide bonds. The number of hydrogen-bond acceptors (Lipinski definition) is 11. The topological polar surface area (TPSA) is 179 Å². The highest BCUT2D eigenvalue weighted by Gasteiger charge is 2.50. The zero-order chi connectivity index (χ0) is 28.6. The van der Waals surface area contributed by atoms with E-state index in [0.29, 0.717) is 6.61 Å². The van der Waals surface area contributed by atoms with E-state index in [4.69, 9.17) is 18.9 Å². The molecule has 0 radical (unpaired) electrons. The van der Waals surface area contributed by atoms with Gasteiger partial charge in [-0.05, 0) is 6.42 Å². The van der Waals surface area contributed by atoms with Crippen LogP contribution >= 0.6 is 0 Å². The highest BCUT2D eigenvalue weighted by molar-refractivity contribution is 4.94. The lowest BCUT2D eigenvalue weighted by atomic mass is 9.97. The van der Waals surface area contributed by atoms with Crippen LogP contribution in [-0.4, -0.2) is 117 Å². The van der Waals surface area contributed by atoms with Crippen LogP contribution in [0.3, 0.4) is 0 Å². The second-order valence-electron chi connectivity index (χ2n) is 11.0. The van der Waals surface area contributed by atoms with Crippen molar-refractivity contribution in [2.75, 3.05) is 19.8 Å². The highest BCUT2D eigenvalue weighted by Crippen LogP contribution is 2.29. The van der Waals surface area contributed by atoms with Gasteiger partial charge < -0.3 is 54.7 Å². The third-order valence-corrected chi connectivity index (χ3v) is 7.74. The summed E-state index contributed by atoms with van der Waals surface area (Å²) in [6.07, 6.45) is 2.97. The first kappa shape index (κ1) is 34.8. The van der Waals surface area contributed by atoms with Gasteiger partial charge in [-0.25, -0.2) is 0 Å². The van der Waals surface area contributed by atoms with Gasteiger partial charge in [0.15, 0.2) is 12.6 Å². The molecule has 2 fully saturated rings. The largest absolute Gasteiger partial charge is 0.394 e. The van der Waals surface area contributed by atoms with Gasteiger partial charge in [0.05, 0.1) is 13.2 Å². The van der Waals surface area contributed by atoms with Gasteiger partial charge in [-0.15, -0.1) is 0 Å². The van der Waals surface area contributed by atoms with E-state index in [1.54, 1.807) is 0 Å². The van der Waals surface area contributed by atoms with E-state index in [9.17, 15) is 35.7 Å². The second-order valence-corrected chi connectivity index (χ2v) is 11.0. The maximum Gasteiger partial charge on any atom is 0.187 e. The molecule has 0 aromatic carbocycles. The molecule has 2 saturated heterocycles. The van der Waals surface area contributed by atoms with E-state index in [2.05, 4.69) is 6.92 Å². The molecule has 10 atom stereocenters. The van der Waals surface area contributed by atoms with E-state index >= 15 is 0 Å². The van der Waals surface area contributed by atoms with E-state index in [1.165, 1.54) is 70.6 Å². The first-order valence-corrected chi connectivity index (χ1v) is 15.1. The Hall–Kier alpha value is -0.440. The minimum atomic E-state index is -1.69. The minimum absolute atomic E-state index is 0.322. The van der Waals surface area contributed by atoms with Gasteiger partial charge in [0.1, 0.15) is 48.8 Å².